The summed E-state index contributed by atoms with van der Waals surface area (Å²) >= 11 is 0. The predicted octanol–water partition coefficient (Wildman–Crippen LogP) is 0.746. The molecule has 1 aromatic heterocycles. The van der Waals surface area contributed by atoms with Crippen LogP contribution >= 0.6 is 0 Å². The van der Waals surface area contributed by atoms with Crippen molar-refractivity contribution < 1.29 is 14.6 Å². The summed E-state index contributed by atoms with van der Waals surface area (Å²) in [7, 11) is 1.39. The molecule has 0 atom stereocenters. The Balaban J connectivity index is 3.18. The maximum Gasteiger partial charge on any atom is 0.358 e. The predicted molar refractivity (Wildman–Crippen MR) is 44.9 cm³/mol. The van der Waals surface area contributed by atoms with E-state index in [-0.39, 0.29) is 11.4 Å². The lowest BCUT2D eigenvalue weighted by Crippen LogP contribution is -2.07. The third-order valence-corrected chi connectivity index (χ3v) is 1.54. The quantitative estimate of drug-likeness (QED) is 0.746. The highest BCUT2D eigenvalue weighted by Gasteiger charge is 2.13. The van der Waals surface area contributed by atoms with Gasteiger partial charge in [-0.3, -0.25) is 0 Å². The fraction of sp³-hybridized carbons (Fsp3) is 0.375. The van der Waals surface area contributed by atoms with E-state index in [1.165, 1.54) is 13.3 Å². The first kappa shape index (κ1) is 9.44. The first-order chi connectivity index (χ1) is 6.19. The number of aryl methyl sites for hydroxylation is 1. The molecule has 0 fully saturated rings. The Morgan fingerprint density at radius 2 is 2.38 bits per heavy atom. The molecule has 0 spiro atoms. The number of rotatable bonds is 3. The van der Waals surface area contributed by atoms with Crippen LogP contribution in [0, 0.1) is 0 Å². The molecule has 5 heteroatoms. The molecule has 0 aromatic carbocycles. The van der Waals surface area contributed by atoms with Gasteiger partial charge in [0.1, 0.15) is 5.82 Å². The van der Waals surface area contributed by atoms with Crippen LogP contribution in [0.25, 0.3) is 0 Å². The molecule has 5 nitrogen and oxygen atoms in total. The van der Waals surface area contributed by atoms with Gasteiger partial charge in [0.25, 0.3) is 0 Å². The summed E-state index contributed by atoms with van der Waals surface area (Å²) in [5.41, 5.74) is -0.0886. The van der Waals surface area contributed by atoms with E-state index in [1.807, 2.05) is 6.92 Å². The lowest BCUT2D eigenvalue weighted by Gasteiger charge is -2.03. The summed E-state index contributed by atoms with van der Waals surface area (Å²) in [6.45, 7) is 1.85. The third kappa shape index (κ3) is 1.93. The average Bonchev–Trinajstić information content (AvgIpc) is 2.16. The van der Waals surface area contributed by atoms with Crippen molar-refractivity contribution in [3.8, 4) is 5.75 Å². The first-order valence-electron chi connectivity index (χ1n) is 3.82. The molecule has 0 saturated heterocycles. The van der Waals surface area contributed by atoms with Crippen LogP contribution in [0.5, 0.6) is 5.75 Å². The number of nitrogens with zero attached hydrogens (tertiary/aromatic N) is 2. The number of carboxylic acid groups (broad SMARTS) is 1. The SMILES string of the molecule is CCc1ncc(OC)c(C(=O)O)n1. The molecule has 0 saturated carbocycles. The van der Waals surface area contributed by atoms with Crippen LogP contribution in [0.4, 0.5) is 0 Å². The van der Waals surface area contributed by atoms with E-state index < -0.39 is 5.97 Å². The van der Waals surface area contributed by atoms with Crippen molar-refractivity contribution >= 4 is 5.97 Å². The Kier molecular flexibility index (Phi) is 2.79. The van der Waals surface area contributed by atoms with E-state index in [4.69, 9.17) is 9.84 Å². The summed E-state index contributed by atoms with van der Waals surface area (Å²) in [4.78, 5) is 18.4. The van der Waals surface area contributed by atoms with Crippen molar-refractivity contribution in [3.63, 3.8) is 0 Å². The maximum absolute atomic E-state index is 10.7. The van der Waals surface area contributed by atoms with Gasteiger partial charge in [0.2, 0.25) is 0 Å². The zero-order valence-corrected chi connectivity index (χ0v) is 7.44. The number of aromatic nitrogens is 2. The second kappa shape index (κ2) is 3.84. The second-order valence-electron chi connectivity index (χ2n) is 2.36. The molecule has 0 aliphatic carbocycles. The summed E-state index contributed by atoms with van der Waals surface area (Å²) in [5, 5.41) is 8.75. The molecule has 0 bridgehead atoms. The smallest absolute Gasteiger partial charge is 0.358 e. The van der Waals surface area contributed by atoms with Gasteiger partial charge in [0.15, 0.2) is 11.4 Å². The Hall–Kier alpha value is -1.65. The van der Waals surface area contributed by atoms with Crippen LogP contribution in [0.1, 0.15) is 23.2 Å². The number of carboxylic acids is 1. The number of carbonyl (C=O) groups is 1. The van der Waals surface area contributed by atoms with Gasteiger partial charge in [-0.25, -0.2) is 14.8 Å². The van der Waals surface area contributed by atoms with Crippen LogP contribution in [-0.4, -0.2) is 28.2 Å². The summed E-state index contributed by atoms with van der Waals surface area (Å²) in [6.07, 6.45) is 1.97. The summed E-state index contributed by atoms with van der Waals surface area (Å²) in [5.74, 6) is -0.420. The van der Waals surface area contributed by atoms with Gasteiger partial charge in [-0.2, -0.15) is 0 Å². The Morgan fingerprint density at radius 1 is 1.69 bits per heavy atom. The fourth-order valence-corrected chi connectivity index (χ4v) is 0.880. The van der Waals surface area contributed by atoms with Crippen LogP contribution in [0.15, 0.2) is 6.20 Å². The Bertz CT molecular complexity index is 325. The van der Waals surface area contributed by atoms with Gasteiger partial charge in [-0.15, -0.1) is 0 Å². The van der Waals surface area contributed by atoms with Crippen LogP contribution in [0.3, 0.4) is 0 Å². The topological polar surface area (TPSA) is 72.3 Å². The van der Waals surface area contributed by atoms with Gasteiger partial charge < -0.3 is 9.84 Å². The number of ether oxygens (including phenoxy) is 1. The fourth-order valence-electron chi connectivity index (χ4n) is 0.880. The van der Waals surface area contributed by atoms with Crippen molar-refractivity contribution in [2.24, 2.45) is 0 Å². The molecule has 0 amide bonds. The molecule has 1 aromatic rings. The second-order valence-corrected chi connectivity index (χ2v) is 2.36. The average molecular weight is 182 g/mol. The molecule has 1 rings (SSSR count). The largest absolute Gasteiger partial charge is 0.493 e. The molecule has 70 valence electrons. The highest BCUT2D eigenvalue weighted by Crippen LogP contribution is 2.14. The van der Waals surface area contributed by atoms with Gasteiger partial charge in [-0.1, -0.05) is 6.92 Å². The van der Waals surface area contributed by atoms with Gasteiger partial charge in [0.05, 0.1) is 13.3 Å². The standard InChI is InChI=1S/C8H10N2O3/c1-3-6-9-4-5(13-2)7(10-6)8(11)12/h4H,3H2,1-2H3,(H,11,12). The third-order valence-electron chi connectivity index (χ3n) is 1.54. The number of hydrogen-bond acceptors (Lipinski definition) is 4. The number of hydrogen-bond donors (Lipinski definition) is 1. The van der Waals surface area contributed by atoms with Gasteiger partial charge in [0, 0.05) is 6.42 Å². The van der Waals surface area contributed by atoms with Crippen LogP contribution in [-0.2, 0) is 6.42 Å². The molecule has 1 N–H and O–H groups in total. The zero-order valence-electron chi connectivity index (χ0n) is 7.44. The first-order valence-corrected chi connectivity index (χ1v) is 3.82. The van der Waals surface area contributed by atoms with E-state index in [2.05, 4.69) is 9.97 Å². The van der Waals surface area contributed by atoms with E-state index in [0.29, 0.717) is 12.2 Å². The minimum Gasteiger partial charge on any atom is -0.493 e. The van der Waals surface area contributed by atoms with E-state index in [1.54, 1.807) is 0 Å². The van der Waals surface area contributed by atoms with Gasteiger partial charge in [-0.05, 0) is 0 Å². The maximum atomic E-state index is 10.7. The van der Waals surface area contributed by atoms with Crippen molar-refractivity contribution in [2.45, 2.75) is 13.3 Å². The monoisotopic (exact) mass is 182 g/mol. The molecular formula is C8H10N2O3. The lowest BCUT2D eigenvalue weighted by atomic mass is 10.3. The van der Waals surface area contributed by atoms with Crippen molar-refractivity contribution in [2.75, 3.05) is 7.11 Å². The number of aromatic carboxylic acids is 1. The van der Waals surface area contributed by atoms with Crippen molar-refractivity contribution in [1.82, 2.24) is 9.97 Å². The number of methoxy groups -OCH3 is 1. The van der Waals surface area contributed by atoms with Crippen LogP contribution in [0.2, 0.25) is 0 Å². The van der Waals surface area contributed by atoms with Crippen molar-refractivity contribution in [3.05, 3.63) is 17.7 Å². The molecule has 1 heterocycles. The summed E-state index contributed by atoms with van der Waals surface area (Å²) in [6, 6.07) is 0. The highest BCUT2D eigenvalue weighted by molar-refractivity contribution is 5.88. The molecule has 13 heavy (non-hydrogen) atoms. The molecule has 0 radical (unpaired) electrons. The van der Waals surface area contributed by atoms with Crippen molar-refractivity contribution in [1.29, 1.82) is 0 Å². The van der Waals surface area contributed by atoms with E-state index in [9.17, 15) is 4.79 Å². The molecule has 0 aliphatic rings. The zero-order chi connectivity index (χ0) is 9.84. The lowest BCUT2D eigenvalue weighted by molar-refractivity contribution is 0.0686. The van der Waals surface area contributed by atoms with E-state index >= 15 is 0 Å². The molecule has 0 unspecified atom stereocenters. The normalized spacial score (nSPS) is 9.69. The van der Waals surface area contributed by atoms with Crippen LogP contribution < -0.4 is 4.74 Å². The van der Waals surface area contributed by atoms with E-state index in [0.717, 1.165) is 0 Å². The minimum absolute atomic E-state index is 0.0886. The minimum atomic E-state index is -1.10. The molecule has 0 aliphatic heterocycles. The Morgan fingerprint density at radius 3 is 2.85 bits per heavy atom. The molecular weight excluding hydrogens is 172 g/mol. The Labute approximate surface area is 75.4 Å². The summed E-state index contributed by atoms with van der Waals surface area (Å²) < 4.78 is 4.80. The van der Waals surface area contributed by atoms with Gasteiger partial charge >= 0.3 is 5.97 Å². The highest BCUT2D eigenvalue weighted by atomic mass is 16.5.